The first-order valence-electron chi connectivity index (χ1n) is 6.86. The van der Waals surface area contributed by atoms with Crippen LogP contribution in [0.5, 0.6) is 0 Å². The van der Waals surface area contributed by atoms with E-state index in [2.05, 4.69) is 25.7 Å². The summed E-state index contributed by atoms with van der Waals surface area (Å²) < 4.78 is 0. The second kappa shape index (κ2) is 4.60. The standard InChI is InChI=1S/C14H25NO2/c1-10-7-14(2,3)8-12(10)15-6-4-5-11(9-15)13(16)17/h10-12H,4-9H2,1-3H3,(H,16,17). The number of hydrogen-bond acceptors (Lipinski definition) is 2. The smallest absolute Gasteiger partial charge is 0.307 e. The number of carboxylic acid groups (broad SMARTS) is 1. The monoisotopic (exact) mass is 239 g/mol. The number of carbonyl (C=O) groups is 1. The van der Waals surface area contributed by atoms with Gasteiger partial charge in [-0.2, -0.15) is 0 Å². The van der Waals surface area contributed by atoms with Crippen molar-refractivity contribution in [2.75, 3.05) is 13.1 Å². The number of hydrogen-bond donors (Lipinski definition) is 1. The fraction of sp³-hybridized carbons (Fsp3) is 0.929. The van der Waals surface area contributed by atoms with Crippen molar-refractivity contribution < 1.29 is 9.90 Å². The van der Waals surface area contributed by atoms with Crippen LogP contribution in [-0.4, -0.2) is 35.1 Å². The highest BCUT2D eigenvalue weighted by Crippen LogP contribution is 2.44. The highest BCUT2D eigenvalue weighted by atomic mass is 16.4. The summed E-state index contributed by atoms with van der Waals surface area (Å²) in [5.74, 6) is -0.0446. The van der Waals surface area contributed by atoms with Gasteiger partial charge in [-0.3, -0.25) is 9.69 Å². The molecule has 98 valence electrons. The summed E-state index contributed by atoms with van der Waals surface area (Å²) in [6.45, 7) is 8.85. The van der Waals surface area contributed by atoms with Gasteiger partial charge >= 0.3 is 5.97 Å². The summed E-state index contributed by atoms with van der Waals surface area (Å²) in [5.41, 5.74) is 0.431. The van der Waals surface area contributed by atoms with E-state index in [9.17, 15) is 4.79 Å². The Bertz CT molecular complexity index is 301. The van der Waals surface area contributed by atoms with Gasteiger partial charge in [-0.05, 0) is 43.6 Å². The third kappa shape index (κ3) is 2.82. The summed E-state index contributed by atoms with van der Waals surface area (Å²) >= 11 is 0. The summed E-state index contributed by atoms with van der Waals surface area (Å²) in [4.78, 5) is 13.5. The van der Waals surface area contributed by atoms with Gasteiger partial charge in [0.25, 0.3) is 0 Å². The van der Waals surface area contributed by atoms with Gasteiger partial charge in [-0.1, -0.05) is 20.8 Å². The van der Waals surface area contributed by atoms with Crippen LogP contribution < -0.4 is 0 Å². The molecule has 0 bridgehead atoms. The first kappa shape index (κ1) is 12.9. The SMILES string of the molecule is CC1CC(C)(C)CC1N1CCCC(C(=O)O)C1. The minimum Gasteiger partial charge on any atom is -0.481 e. The summed E-state index contributed by atoms with van der Waals surface area (Å²) in [7, 11) is 0. The van der Waals surface area contributed by atoms with E-state index in [0.717, 1.165) is 25.9 Å². The van der Waals surface area contributed by atoms with E-state index in [1.54, 1.807) is 0 Å². The van der Waals surface area contributed by atoms with Crippen LogP contribution in [0.15, 0.2) is 0 Å². The molecule has 1 N–H and O–H groups in total. The van der Waals surface area contributed by atoms with Gasteiger partial charge in [0.05, 0.1) is 5.92 Å². The summed E-state index contributed by atoms with van der Waals surface area (Å²) in [6, 6.07) is 0.604. The molecule has 2 rings (SSSR count). The van der Waals surface area contributed by atoms with Gasteiger partial charge in [0, 0.05) is 12.6 Å². The summed E-state index contributed by atoms with van der Waals surface area (Å²) in [6.07, 6.45) is 4.39. The summed E-state index contributed by atoms with van der Waals surface area (Å²) in [5, 5.41) is 9.14. The van der Waals surface area contributed by atoms with Crippen LogP contribution in [0.3, 0.4) is 0 Å². The molecule has 1 heterocycles. The topological polar surface area (TPSA) is 40.5 Å². The molecule has 0 amide bonds. The van der Waals surface area contributed by atoms with Gasteiger partial charge in [0.1, 0.15) is 0 Å². The van der Waals surface area contributed by atoms with Gasteiger partial charge in [0.2, 0.25) is 0 Å². The van der Waals surface area contributed by atoms with Crippen LogP contribution in [0.1, 0.15) is 46.5 Å². The third-order valence-corrected chi connectivity index (χ3v) is 4.56. The second-order valence-electron chi connectivity index (χ2n) is 6.79. The Kier molecular flexibility index (Phi) is 3.48. The second-order valence-corrected chi connectivity index (χ2v) is 6.79. The predicted molar refractivity (Wildman–Crippen MR) is 67.9 cm³/mol. The fourth-order valence-electron chi connectivity index (χ4n) is 3.86. The molecule has 0 aromatic heterocycles. The van der Waals surface area contributed by atoms with Gasteiger partial charge in [-0.15, -0.1) is 0 Å². The van der Waals surface area contributed by atoms with Crippen molar-refractivity contribution in [2.45, 2.75) is 52.5 Å². The third-order valence-electron chi connectivity index (χ3n) is 4.56. The molecule has 3 heteroatoms. The number of likely N-dealkylation sites (tertiary alicyclic amines) is 1. The molecule has 1 aliphatic carbocycles. The molecular weight excluding hydrogens is 214 g/mol. The molecule has 3 nitrogen and oxygen atoms in total. The zero-order valence-electron chi connectivity index (χ0n) is 11.3. The number of nitrogens with zero attached hydrogens (tertiary/aromatic N) is 1. The molecule has 3 atom stereocenters. The lowest BCUT2D eigenvalue weighted by atomic mass is 9.90. The van der Waals surface area contributed by atoms with Gasteiger partial charge in [0.15, 0.2) is 0 Å². The van der Waals surface area contributed by atoms with E-state index >= 15 is 0 Å². The molecule has 0 aromatic rings. The van der Waals surface area contributed by atoms with E-state index in [1.807, 2.05) is 0 Å². The molecule has 0 radical (unpaired) electrons. The van der Waals surface area contributed by atoms with Crippen LogP contribution in [0.25, 0.3) is 0 Å². The van der Waals surface area contributed by atoms with E-state index in [0.29, 0.717) is 17.4 Å². The van der Waals surface area contributed by atoms with E-state index < -0.39 is 5.97 Å². The number of aliphatic carboxylic acids is 1. The molecule has 0 aromatic carbocycles. The Morgan fingerprint density at radius 1 is 1.35 bits per heavy atom. The van der Waals surface area contributed by atoms with E-state index in [1.165, 1.54) is 12.8 Å². The number of piperidine rings is 1. The van der Waals surface area contributed by atoms with Crippen LogP contribution in [-0.2, 0) is 4.79 Å². The first-order chi connectivity index (χ1) is 7.89. The molecular formula is C14H25NO2. The maximum atomic E-state index is 11.1. The Labute approximate surface area is 104 Å². The molecule has 1 aliphatic heterocycles. The number of rotatable bonds is 2. The molecule has 3 unspecified atom stereocenters. The highest BCUT2D eigenvalue weighted by molar-refractivity contribution is 5.70. The van der Waals surface area contributed by atoms with Crippen LogP contribution in [0, 0.1) is 17.3 Å². The zero-order valence-corrected chi connectivity index (χ0v) is 11.3. The molecule has 1 saturated heterocycles. The van der Waals surface area contributed by atoms with Crippen molar-refractivity contribution in [3.8, 4) is 0 Å². The Morgan fingerprint density at radius 3 is 2.59 bits per heavy atom. The van der Waals surface area contributed by atoms with Crippen molar-refractivity contribution in [3.05, 3.63) is 0 Å². The average Bonchev–Trinajstić information content (AvgIpc) is 2.52. The lowest BCUT2D eigenvalue weighted by Crippen LogP contribution is -2.45. The lowest BCUT2D eigenvalue weighted by Gasteiger charge is -2.37. The van der Waals surface area contributed by atoms with Gasteiger partial charge in [-0.25, -0.2) is 0 Å². The molecule has 1 saturated carbocycles. The Morgan fingerprint density at radius 2 is 2.06 bits per heavy atom. The van der Waals surface area contributed by atoms with Crippen molar-refractivity contribution in [3.63, 3.8) is 0 Å². The van der Waals surface area contributed by atoms with Crippen LogP contribution in [0.4, 0.5) is 0 Å². The van der Waals surface area contributed by atoms with E-state index in [4.69, 9.17) is 5.11 Å². The minimum atomic E-state index is -0.611. The van der Waals surface area contributed by atoms with Crippen molar-refractivity contribution in [1.29, 1.82) is 0 Å². The quantitative estimate of drug-likeness (QED) is 0.805. The highest BCUT2D eigenvalue weighted by Gasteiger charge is 2.41. The lowest BCUT2D eigenvalue weighted by molar-refractivity contribution is -0.144. The van der Waals surface area contributed by atoms with Crippen molar-refractivity contribution >= 4 is 5.97 Å². The molecule has 0 spiro atoms. The van der Waals surface area contributed by atoms with Gasteiger partial charge < -0.3 is 5.11 Å². The number of carboxylic acids is 1. The fourth-order valence-corrected chi connectivity index (χ4v) is 3.86. The first-order valence-corrected chi connectivity index (χ1v) is 6.86. The molecule has 2 aliphatic rings. The van der Waals surface area contributed by atoms with E-state index in [-0.39, 0.29) is 5.92 Å². The minimum absolute atomic E-state index is 0.139. The predicted octanol–water partition coefficient (Wildman–Crippen LogP) is 2.61. The Balaban J connectivity index is 2.00. The van der Waals surface area contributed by atoms with Crippen LogP contribution >= 0.6 is 0 Å². The maximum absolute atomic E-state index is 11.1. The largest absolute Gasteiger partial charge is 0.481 e. The maximum Gasteiger partial charge on any atom is 0.307 e. The molecule has 2 fully saturated rings. The van der Waals surface area contributed by atoms with Crippen molar-refractivity contribution in [1.82, 2.24) is 4.90 Å². The average molecular weight is 239 g/mol. The zero-order chi connectivity index (χ0) is 12.6. The molecule has 17 heavy (non-hydrogen) atoms. The van der Waals surface area contributed by atoms with Crippen LogP contribution in [0.2, 0.25) is 0 Å². The van der Waals surface area contributed by atoms with Crippen molar-refractivity contribution in [2.24, 2.45) is 17.3 Å². The Hall–Kier alpha value is -0.570. The normalized spacial score (nSPS) is 38.2.